The number of phenolic OH excluding ortho intramolecular Hbond substituents is 1. The molecule has 0 saturated carbocycles. The van der Waals surface area contributed by atoms with Crippen LogP contribution in [-0.4, -0.2) is 53.6 Å². The number of aromatic hydroxyl groups is 1. The molecule has 3 rings (SSSR count). The molecular weight excluding hydrogens is 356 g/mol. The van der Waals surface area contributed by atoms with Crippen LogP contribution in [0.1, 0.15) is 25.3 Å². The van der Waals surface area contributed by atoms with Gasteiger partial charge in [-0.25, -0.2) is 4.99 Å². The van der Waals surface area contributed by atoms with E-state index in [1.807, 2.05) is 24.0 Å². The molecule has 1 unspecified atom stereocenters. The van der Waals surface area contributed by atoms with Crippen LogP contribution in [0.25, 0.3) is 0 Å². The summed E-state index contributed by atoms with van der Waals surface area (Å²) in [6, 6.07) is 5.68. The Morgan fingerprint density at radius 1 is 1.43 bits per heavy atom. The predicted molar refractivity (Wildman–Crippen MR) is 111 cm³/mol. The Morgan fingerprint density at radius 3 is 2.96 bits per heavy atom. The Bertz CT molecular complexity index is 804. The lowest BCUT2D eigenvalue weighted by Gasteiger charge is -2.34. The molecule has 1 aromatic carbocycles. The topological polar surface area (TPSA) is 86.9 Å². The number of benzene rings is 1. The number of nitrogens with zero attached hydrogens (tertiary/aromatic N) is 4. The van der Waals surface area contributed by atoms with Gasteiger partial charge in [-0.2, -0.15) is 5.10 Å². The second kappa shape index (κ2) is 9.34. The highest BCUT2D eigenvalue weighted by Crippen LogP contribution is 2.26. The first-order valence-electron chi connectivity index (χ1n) is 9.73. The molecule has 0 amide bonds. The summed E-state index contributed by atoms with van der Waals surface area (Å²) in [6.07, 6.45) is 6.19. The summed E-state index contributed by atoms with van der Waals surface area (Å²) in [4.78, 5) is 7.04. The average molecular weight is 387 g/mol. The zero-order chi connectivity index (χ0) is 19.9. The number of hydrogen-bond acceptors (Lipinski definition) is 5. The second-order valence-electron chi connectivity index (χ2n) is 7.00. The fraction of sp³-hybridized carbons (Fsp3) is 0.500. The minimum atomic E-state index is 0.132. The van der Waals surface area contributed by atoms with Crippen molar-refractivity contribution in [2.45, 2.75) is 32.4 Å². The number of piperidine rings is 1. The molecule has 0 aliphatic carbocycles. The number of nitrogens with one attached hydrogen (secondary N) is 2. The molecule has 1 aliphatic rings. The van der Waals surface area contributed by atoms with E-state index in [1.54, 1.807) is 19.2 Å². The maximum absolute atomic E-state index is 9.94. The van der Waals surface area contributed by atoms with Gasteiger partial charge in [-0.05, 0) is 37.5 Å². The number of anilines is 1. The Kier molecular flexibility index (Phi) is 6.62. The van der Waals surface area contributed by atoms with Gasteiger partial charge in [0.1, 0.15) is 0 Å². The standard InChI is InChI=1S/C20H30N6O2/c1-4-21-20(22-11-15-7-8-19(28-3)18(27)10-15)24-16-6-5-9-26(13-16)17-12-23-25(2)14-17/h7-8,10,12,14,16,27H,4-6,9,11,13H2,1-3H3,(H2,21,22,24). The van der Waals surface area contributed by atoms with E-state index in [1.165, 1.54) is 0 Å². The van der Waals surface area contributed by atoms with Gasteiger partial charge in [0.15, 0.2) is 17.5 Å². The van der Waals surface area contributed by atoms with Gasteiger partial charge in [-0.1, -0.05) is 6.07 Å². The van der Waals surface area contributed by atoms with Crippen LogP contribution >= 0.6 is 0 Å². The van der Waals surface area contributed by atoms with Crippen LogP contribution in [-0.2, 0) is 13.6 Å². The fourth-order valence-corrected chi connectivity index (χ4v) is 3.42. The van der Waals surface area contributed by atoms with Crippen molar-refractivity contribution in [3.05, 3.63) is 36.2 Å². The molecule has 0 radical (unpaired) electrons. The van der Waals surface area contributed by atoms with Crippen LogP contribution in [0.5, 0.6) is 11.5 Å². The van der Waals surface area contributed by atoms with Crippen molar-refractivity contribution in [1.82, 2.24) is 20.4 Å². The van der Waals surface area contributed by atoms with E-state index < -0.39 is 0 Å². The number of methoxy groups -OCH3 is 1. The van der Waals surface area contributed by atoms with E-state index in [2.05, 4.69) is 38.7 Å². The molecule has 1 fully saturated rings. The number of rotatable bonds is 6. The Hall–Kier alpha value is -2.90. The molecule has 28 heavy (non-hydrogen) atoms. The highest BCUT2D eigenvalue weighted by Gasteiger charge is 2.21. The quantitative estimate of drug-likeness (QED) is 0.519. The van der Waals surface area contributed by atoms with E-state index in [0.717, 1.165) is 49.7 Å². The number of ether oxygens (including phenoxy) is 1. The van der Waals surface area contributed by atoms with Crippen molar-refractivity contribution in [1.29, 1.82) is 0 Å². The van der Waals surface area contributed by atoms with Crippen molar-refractivity contribution in [3.8, 4) is 11.5 Å². The van der Waals surface area contributed by atoms with Crippen LogP contribution in [0.4, 0.5) is 5.69 Å². The van der Waals surface area contributed by atoms with Gasteiger partial charge < -0.3 is 25.4 Å². The lowest BCUT2D eigenvalue weighted by molar-refractivity contribution is 0.373. The van der Waals surface area contributed by atoms with Crippen molar-refractivity contribution in [2.24, 2.45) is 12.0 Å². The monoisotopic (exact) mass is 386 g/mol. The molecular formula is C20H30N6O2. The second-order valence-corrected chi connectivity index (χ2v) is 7.00. The summed E-state index contributed by atoms with van der Waals surface area (Å²) in [5, 5.41) is 21.1. The molecule has 2 heterocycles. The molecule has 152 valence electrons. The van der Waals surface area contributed by atoms with E-state index in [4.69, 9.17) is 4.74 Å². The Labute approximate surface area is 166 Å². The molecule has 8 heteroatoms. The molecule has 1 aliphatic heterocycles. The SMILES string of the molecule is CCNC(=NCc1ccc(OC)c(O)c1)NC1CCCN(c2cnn(C)c2)C1. The van der Waals surface area contributed by atoms with Crippen molar-refractivity contribution < 1.29 is 9.84 Å². The van der Waals surface area contributed by atoms with E-state index in [-0.39, 0.29) is 5.75 Å². The zero-order valence-corrected chi connectivity index (χ0v) is 16.9. The third kappa shape index (κ3) is 5.09. The average Bonchev–Trinajstić information content (AvgIpc) is 3.13. The summed E-state index contributed by atoms with van der Waals surface area (Å²) >= 11 is 0. The summed E-state index contributed by atoms with van der Waals surface area (Å²) in [5.74, 6) is 1.39. The highest BCUT2D eigenvalue weighted by atomic mass is 16.5. The van der Waals surface area contributed by atoms with Crippen LogP contribution in [0.15, 0.2) is 35.6 Å². The van der Waals surface area contributed by atoms with Crippen LogP contribution in [0, 0.1) is 0 Å². The Balaban J connectivity index is 1.63. The van der Waals surface area contributed by atoms with Gasteiger partial charge in [-0.15, -0.1) is 0 Å². The molecule has 1 saturated heterocycles. The lowest BCUT2D eigenvalue weighted by atomic mass is 10.1. The maximum Gasteiger partial charge on any atom is 0.191 e. The van der Waals surface area contributed by atoms with Gasteiger partial charge in [0.2, 0.25) is 0 Å². The van der Waals surface area contributed by atoms with Gasteiger partial charge in [-0.3, -0.25) is 4.68 Å². The molecule has 3 N–H and O–H groups in total. The minimum absolute atomic E-state index is 0.132. The zero-order valence-electron chi connectivity index (χ0n) is 16.9. The number of aryl methyl sites for hydroxylation is 1. The van der Waals surface area contributed by atoms with E-state index in [9.17, 15) is 5.11 Å². The van der Waals surface area contributed by atoms with Crippen molar-refractivity contribution in [2.75, 3.05) is 31.6 Å². The molecule has 2 aromatic rings. The van der Waals surface area contributed by atoms with Gasteiger partial charge in [0.25, 0.3) is 0 Å². The fourth-order valence-electron chi connectivity index (χ4n) is 3.42. The summed E-state index contributed by atoms with van der Waals surface area (Å²) < 4.78 is 6.93. The number of phenols is 1. The number of aromatic nitrogens is 2. The van der Waals surface area contributed by atoms with Crippen molar-refractivity contribution in [3.63, 3.8) is 0 Å². The van der Waals surface area contributed by atoms with Crippen LogP contribution < -0.4 is 20.3 Å². The van der Waals surface area contributed by atoms with Crippen molar-refractivity contribution >= 4 is 11.6 Å². The molecule has 1 atom stereocenters. The van der Waals surface area contributed by atoms with Crippen LogP contribution in [0.2, 0.25) is 0 Å². The molecule has 1 aromatic heterocycles. The lowest BCUT2D eigenvalue weighted by Crippen LogP contribution is -2.51. The maximum atomic E-state index is 9.94. The van der Waals surface area contributed by atoms with Gasteiger partial charge in [0.05, 0.1) is 25.5 Å². The Morgan fingerprint density at radius 2 is 2.29 bits per heavy atom. The molecule has 8 nitrogen and oxygen atoms in total. The molecule has 0 spiro atoms. The van der Waals surface area contributed by atoms with Gasteiger partial charge >= 0.3 is 0 Å². The normalized spacial score (nSPS) is 17.5. The van der Waals surface area contributed by atoms with E-state index in [0.29, 0.717) is 18.3 Å². The summed E-state index contributed by atoms with van der Waals surface area (Å²) in [6.45, 7) is 5.28. The largest absolute Gasteiger partial charge is 0.504 e. The van der Waals surface area contributed by atoms with Gasteiger partial charge in [0, 0.05) is 38.9 Å². The summed E-state index contributed by atoms with van der Waals surface area (Å²) in [7, 11) is 3.48. The smallest absolute Gasteiger partial charge is 0.191 e. The number of guanidine groups is 1. The molecule has 0 bridgehead atoms. The first kappa shape index (κ1) is 19.9. The highest BCUT2D eigenvalue weighted by molar-refractivity contribution is 5.80. The minimum Gasteiger partial charge on any atom is -0.504 e. The van der Waals surface area contributed by atoms with E-state index >= 15 is 0 Å². The van der Waals surface area contributed by atoms with Crippen LogP contribution in [0.3, 0.4) is 0 Å². The first-order valence-corrected chi connectivity index (χ1v) is 9.73. The summed E-state index contributed by atoms with van der Waals surface area (Å²) in [5.41, 5.74) is 2.08. The predicted octanol–water partition coefficient (Wildman–Crippen LogP) is 1.86. The third-order valence-electron chi connectivity index (χ3n) is 4.83. The number of aliphatic imine (C=N–C) groups is 1. The third-order valence-corrected chi connectivity index (χ3v) is 4.83. The first-order chi connectivity index (χ1) is 13.6. The number of hydrogen-bond donors (Lipinski definition) is 3.